The first-order chi connectivity index (χ1) is 9.24. The molecule has 0 radical (unpaired) electrons. The lowest BCUT2D eigenvalue weighted by Gasteiger charge is -2.03. The van der Waals surface area contributed by atoms with E-state index >= 15 is 0 Å². The molecule has 19 heavy (non-hydrogen) atoms. The monoisotopic (exact) mass is 248 g/mol. The number of ketones is 1. The zero-order chi connectivity index (χ0) is 13.2. The van der Waals surface area contributed by atoms with E-state index in [-0.39, 0.29) is 5.78 Å². The van der Waals surface area contributed by atoms with Crippen LogP contribution in [0.5, 0.6) is 0 Å². The number of carbonyl (C=O) groups excluding carboxylic acids is 1. The number of benzene rings is 2. The first-order valence-electron chi connectivity index (χ1n) is 6.00. The van der Waals surface area contributed by atoms with Crippen molar-refractivity contribution in [1.29, 1.82) is 0 Å². The van der Waals surface area contributed by atoms with Crippen molar-refractivity contribution < 1.29 is 4.79 Å². The number of nitrogens with zero attached hydrogens (tertiary/aromatic N) is 1. The molecule has 0 saturated carbocycles. The molecule has 0 aliphatic carbocycles. The number of para-hydroxylation sites is 1. The third-order valence-corrected chi connectivity index (χ3v) is 3.00. The second kappa shape index (κ2) is 4.53. The normalized spacial score (nSPS) is 10.5. The Morgan fingerprint density at radius 2 is 1.63 bits per heavy atom. The number of pyridine rings is 1. The lowest BCUT2D eigenvalue weighted by Crippen LogP contribution is -2.04. The predicted octanol–water partition coefficient (Wildman–Crippen LogP) is 3.05. The van der Waals surface area contributed by atoms with Gasteiger partial charge in [0.25, 0.3) is 0 Å². The second-order valence-electron chi connectivity index (χ2n) is 4.34. The van der Waals surface area contributed by atoms with Crippen LogP contribution in [0.1, 0.15) is 16.1 Å². The molecular weight excluding hydrogens is 236 g/mol. The molecule has 3 heteroatoms. The van der Waals surface area contributed by atoms with Crippen molar-refractivity contribution in [2.75, 3.05) is 5.73 Å². The first-order valence-corrected chi connectivity index (χ1v) is 6.00. The molecule has 0 aliphatic rings. The van der Waals surface area contributed by atoms with Crippen molar-refractivity contribution in [3.63, 3.8) is 0 Å². The smallest absolute Gasteiger partial charge is 0.211 e. The van der Waals surface area contributed by atoms with Crippen LogP contribution in [0.25, 0.3) is 10.9 Å². The van der Waals surface area contributed by atoms with Crippen molar-refractivity contribution in [3.05, 3.63) is 71.9 Å². The molecule has 0 amide bonds. The van der Waals surface area contributed by atoms with Gasteiger partial charge in [-0.15, -0.1) is 0 Å². The molecule has 0 unspecified atom stereocenters. The molecule has 0 atom stereocenters. The summed E-state index contributed by atoms with van der Waals surface area (Å²) in [6, 6.07) is 18.3. The van der Waals surface area contributed by atoms with Gasteiger partial charge < -0.3 is 5.73 Å². The summed E-state index contributed by atoms with van der Waals surface area (Å²) in [5, 5.41) is 1.02. The van der Waals surface area contributed by atoms with E-state index < -0.39 is 0 Å². The number of hydrogen-bond donors (Lipinski definition) is 1. The van der Waals surface area contributed by atoms with Crippen LogP contribution in [0.4, 0.5) is 5.69 Å². The molecule has 0 fully saturated rings. The molecule has 2 aromatic carbocycles. The number of nitrogen functional groups attached to an aromatic ring is 1. The average Bonchev–Trinajstić information content (AvgIpc) is 2.47. The minimum Gasteiger partial charge on any atom is -0.399 e. The van der Waals surface area contributed by atoms with Crippen LogP contribution >= 0.6 is 0 Å². The van der Waals surface area contributed by atoms with Gasteiger partial charge in [0.05, 0.1) is 5.52 Å². The third kappa shape index (κ3) is 2.18. The van der Waals surface area contributed by atoms with Crippen LogP contribution in [0.15, 0.2) is 60.7 Å². The summed E-state index contributed by atoms with van der Waals surface area (Å²) in [4.78, 5) is 16.7. The zero-order valence-corrected chi connectivity index (χ0v) is 10.2. The molecule has 0 spiro atoms. The fourth-order valence-corrected chi connectivity index (χ4v) is 1.97. The number of fused-ring (bicyclic) bond motifs is 1. The van der Waals surface area contributed by atoms with Crippen molar-refractivity contribution in [2.24, 2.45) is 0 Å². The van der Waals surface area contributed by atoms with Gasteiger partial charge in [-0.3, -0.25) is 4.79 Å². The zero-order valence-electron chi connectivity index (χ0n) is 10.2. The van der Waals surface area contributed by atoms with Crippen LogP contribution in [0.2, 0.25) is 0 Å². The highest BCUT2D eigenvalue weighted by atomic mass is 16.1. The summed E-state index contributed by atoms with van der Waals surface area (Å²) < 4.78 is 0. The molecule has 92 valence electrons. The Balaban J connectivity index is 2.04. The highest BCUT2D eigenvalue weighted by Crippen LogP contribution is 2.15. The van der Waals surface area contributed by atoms with E-state index in [2.05, 4.69) is 4.98 Å². The molecule has 3 rings (SSSR count). The quantitative estimate of drug-likeness (QED) is 0.560. The van der Waals surface area contributed by atoms with Crippen LogP contribution in [-0.2, 0) is 0 Å². The summed E-state index contributed by atoms with van der Waals surface area (Å²) in [6.45, 7) is 0. The fraction of sp³-hybridized carbons (Fsp3) is 0. The molecule has 3 aromatic rings. The Morgan fingerprint density at radius 1 is 0.895 bits per heavy atom. The maximum absolute atomic E-state index is 12.3. The molecule has 2 N–H and O–H groups in total. The van der Waals surface area contributed by atoms with E-state index in [0.717, 1.165) is 10.9 Å². The Bertz CT molecular complexity index is 748. The molecule has 1 heterocycles. The van der Waals surface area contributed by atoms with Crippen LogP contribution < -0.4 is 5.73 Å². The molecule has 1 aromatic heterocycles. The van der Waals surface area contributed by atoms with Crippen molar-refractivity contribution in [2.45, 2.75) is 0 Å². The van der Waals surface area contributed by atoms with E-state index in [4.69, 9.17) is 5.73 Å². The van der Waals surface area contributed by atoms with Crippen molar-refractivity contribution >= 4 is 22.4 Å². The minimum atomic E-state index is -0.0919. The maximum Gasteiger partial charge on any atom is 0.211 e. The van der Waals surface area contributed by atoms with Crippen LogP contribution in [0.3, 0.4) is 0 Å². The van der Waals surface area contributed by atoms with Gasteiger partial charge in [-0.2, -0.15) is 0 Å². The topological polar surface area (TPSA) is 56.0 Å². The van der Waals surface area contributed by atoms with Gasteiger partial charge in [0.15, 0.2) is 0 Å². The molecular formula is C16H12N2O. The van der Waals surface area contributed by atoms with Crippen LogP contribution in [-0.4, -0.2) is 10.8 Å². The Kier molecular flexibility index (Phi) is 2.72. The third-order valence-electron chi connectivity index (χ3n) is 3.00. The second-order valence-corrected chi connectivity index (χ2v) is 4.34. The largest absolute Gasteiger partial charge is 0.399 e. The number of anilines is 1. The lowest BCUT2D eigenvalue weighted by atomic mass is 10.1. The predicted molar refractivity (Wildman–Crippen MR) is 76.0 cm³/mol. The number of hydrogen-bond acceptors (Lipinski definition) is 3. The van der Waals surface area contributed by atoms with Gasteiger partial charge in [-0.25, -0.2) is 4.98 Å². The van der Waals surface area contributed by atoms with E-state index in [1.807, 2.05) is 30.3 Å². The van der Waals surface area contributed by atoms with Gasteiger partial charge in [0.2, 0.25) is 5.78 Å². The minimum absolute atomic E-state index is 0.0919. The van der Waals surface area contributed by atoms with E-state index in [1.165, 1.54) is 0 Å². The van der Waals surface area contributed by atoms with Gasteiger partial charge in [-0.05, 0) is 36.4 Å². The molecule has 0 bridgehead atoms. The molecule has 3 nitrogen and oxygen atoms in total. The van der Waals surface area contributed by atoms with E-state index in [0.29, 0.717) is 16.9 Å². The molecule has 0 aliphatic heterocycles. The SMILES string of the molecule is Nc1ccc(C(=O)c2ccc3ccccc3n2)cc1. The van der Waals surface area contributed by atoms with Gasteiger partial charge in [-0.1, -0.05) is 24.3 Å². The van der Waals surface area contributed by atoms with E-state index in [9.17, 15) is 4.79 Å². The van der Waals surface area contributed by atoms with Gasteiger partial charge in [0.1, 0.15) is 5.69 Å². The number of carbonyl (C=O) groups is 1. The van der Waals surface area contributed by atoms with Crippen molar-refractivity contribution in [1.82, 2.24) is 4.98 Å². The lowest BCUT2D eigenvalue weighted by molar-refractivity contribution is 0.103. The summed E-state index contributed by atoms with van der Waals surface area (Å²) in [5.41, 5.74) is 8.12. The average molecular weight is 248 g/mol. The van der Waals surface area contributed by atoms with Crippen molar-refractivity contribution in [3.8, 4) is 0 Å². The maximum atomic E-state index is 12.3. The number of rotatable bonds is 2. The summed E-state index contributed by atoms with van der Waals surface area (Å²) in [7, 11) is 0. The first kappa shape index (κ1) is 11.4. The Hall–Kier alpha value is -2.68. The summed E-state index contributed by atoms with van der Waals surface area (Å²) in [5.74, 6) is -0.0919. The Morgan fingerprint density at radius 3 is 2.42 bits per heavy atom. The highest BCUT2D eigenvalue weighted by Gasteiger charge is 2.10. The van der Waals surface area contributed by atoms with Crippen LogP contribution in [0, 0.1) is 0 Å². The number of nitrogens with two attached hydrogens (primary N) is 1. The van der Waals surface area contributed by atoms with E-state index in [1.54, 1.807) is 30.3 Å². The standard InChI is InChI=1S/C16H12N2O/c17-13-8-5-12(6-9-13)16(19)15-10-7-11-3-1-2-4-14(11)18-15/h1-10H,17H2. The summed E-state index contributed by atoms with van der Waals surface area (Å²) >= 11 is 0. The number of aromatic nitrogens is 1. The molecule has 0 saturated heterocycles. The highest BCUT2D eigenvalue weighted by molar-refractivity contribution is 6.08. The Labute approximate surface area is 110 Å². The summed E-state index contributed by atoms with van der Waals surface area (Å²) in [6.07, 6.45) is 0. The van der Waals surface area contributed by atoms with Gasteiger partial charge >= 0.3 is 0 Å². The van der Waals surface area contributed by atoms with Gasteiger partial charge in [0, 0.05) is 16.6 Å². The fourth-order valence-electron chi connectivity index (χ4n) is 1.97.